The van der Waals surface area contributed by atoms with Crippen LogP contribution in [0.25, 0.3) is 5.69 Å². The molecule has 0 fully saturated rings. The highest BCUT2D eigenvalue weighted by molar-refractivity contribution is 5.46. The van der Waals surface area contributed by atoms with Gasteiger partial charge in [-0.2, -0.15) is 9.36 Å². The van der Waals surface area contributed by atoms with Crippen molar-refractivity contribution < 1.29 is 14.2 Å². The number of nitrogens with zero attached hydrogens (tertiary/aromatic N) is 4. The summed E-state index contributed by atoms with van der Waals surface area (Å²) >= 11 is 0. The highest BCUT2D eigenvalue weighted by Crippen LogP contribution is 2.26. The fourth-order valence-corrected chi connectivity index (χ4v) is 1.54. The molecule has 8 heteroatoms. The Kier molecular flexibility index (Phi) is 3.58. The standard InChI is InChI=1S/C12H15FN4O3/c1-12(2,7-18)20-10-6-8(13)4-5-9(10)17-11(19)16(3)14-15-17/h4-6,18H,7H2,1-3H3. The first kappa shape index (κ1) is 14.2. The number of aromatic nitrogens is 4. The monoisotopic (exact) mass is 282 g/mol. The molecule has 0 saturated carbocycles. The number of benzene rings is 1. The van der Waals surface area contributed by atoms with Gasteiger partial charge in [-0.3, -0.25) is 0 Å². The normalized spacial score (nSPS) is 11.7. The van der Waals surface area contributed by atoms with E-state index in [-0.39, 0.29) is 18.0 Å². The zero-order valence-corrected chi connectivity index (χ0v) is 11.4. The molecule has 0 amide bonds. The molecular weight excluding hydrogens is 267 g/mol. The zero-order valence-electron chi connectivity index (χ0n) is 11.4. The summed E-state index contributed by atoms with van der Waals surface area (Å²) in [4.78, 5) is 11.8. The van der Waals surface area contributed by atoms with E-state index in [1.807, 2.05) is 0 Å². The van der Waals surface area contributed by atoms with E-state index in [0.29, 0.717) is 0 Å². The van der Waals surface area contributed by atoms with E-state index >= 15 is 0 Å². The molecule has 1 aromatic heterocycles. The zero-order chi connectivity index (χ0) is 14.9. The molecule has 2 rings (SSSR count). The van der Waals surface area contributed by atoms with Crippen LogP contribution in [0, 0.1) is 5.82 Å². The molecule has 108 valence electrons. The summed E-state index contributed by atoms with van der Waals surface area (Å²) in [5.74, 6) is -0.416. The molecule has 7 nitrogen and oxygen atoms in total. The minimum atomic E-state index is -0.922. The Bertz CT molecular complexity index is 678. The highest BCUT2D eigenvalue weighted by atomic mass is 19.1. The molecule has 0 unspecified atom stereocenters. The number of ether oxygens (including phenoxy) is 1. The average molecular weight is 282 g/mol. The van der Waals surface area contributed by atoms with Crippen molar-refractivity contribution in [2.24, 2.45) is 7.05 Å². The van der Waals surface area contributed by atoms with Crippen molar-refractivity contribution in [3.8, 4) is 11.4 Å². The van der Waals surface area contributed by atoms with Crippen LogP contribution in [0.2, 0.25) is 0 Å². The number of tetrazole rings is 1. The molecule has 0 aliphatic heterocycles. The van der Waals surface area contributed by atoms with E-state index in [9.17, 15) is 14.3 Å². The molecule has 1 heterocycles. The minimum Gasteiger partial charge on any atom is -0.483 e. The molecule has 1 aromatic carbocycles. The predicted octanol–water partition coefficient (Wildman–Crippen LogP) is 0.255. The maximum atomic E-state index is 13.4. The molecule has 0 bridgehead atoms. The maximum Gasteiger partial charge on any atom is 0.368 e. The van der Waals surface area contributed by atoms with Crippen LogP contribution in [0.1, 0.15) is 13.8 Å². The largest absolute Gasteiger partial charge is 0.483 e. The fraction of sp³-hybridized carbons (Fsp3) is 0.417. The lowest BCUT2D eigenvalue weighted by atomic mass is 10.1. The quantitative estimate of drug-likeness (QED) is 0.869. The summed E-state index contributed by atoms with van der Waals surface area (Å²) in [5.41, 5.74) is -1.15. The number of halogens is 1. The summed E-state index contributed by atoms with van der Waals surface area (Å²) in [6, 6.07) is 3.69. The molecule has 20 heavy (non-hydrogen) atoms. The van der Waals surface area contributed by atoms with E-state index in [0.717, 1.165) is 15.4 Å². The number of hydrogen-bond acceptors (Lipinski definition) is 5. The van der Waals surface area contributed by atoms with Crippen molar-refractivity contribution in [2.45, 2.75) is 19.4 Å². The Morgan fingerprint density at radius 1 is 1.40 bits per heavy atom. The summed E-state index contributed by atoms with van der Waals surface area (Å²) in [7, 11) is 1.45. The third kappa shape index (κ3) is 2.69. The van der Waals surface area contributed by atoms with Crippen LogP contribution in [-0.4, -0.2) is 37.1 Å². The SMILES string of the molecule is Cn1nnn(-c2ccc(F)cc2OC(C)(C)CO)c1=O. The van der Waals surface area contributed by atoms with Crippen LogP contribution >= 0.6 is 0 Å². The van der Waals surface area contributed by atoms with Crippen LogP contribution in [0.4, 0.5) is 4.39 Å². The van der Waals surface area contributed by atoms with Gasteiger partial charge < -0.3 is 9.84 Å². The molecule has 0 radical (unpaired) electrons. The van der Waals surface area contributed by atoms with Gasteiger partial charge in [0.1, 0.15) is 22.9 Å². The van der Waals surface area contributed by atoms with Crippen molar-refractivity contribution in [3.05, 3.63) is 34.5 Å². The van der Waals surface area contributed by atoms with Crippen molar-refractivity contribution in [1.82, 2.24) is 19.8 Å². The first-order valence-corrected chi connectivity index (χ1v) is 5.93. The summed E-state index contributed by atoms with van der Waals surface area (Å²) in [6.07, 6.45) is 0. The number of hydrogen-bond donors (Lipinski definition) is 1. The summed E-state index contributed by atoms with van der Waals surface area (Å²) < 4.78 is 21.0. The van der Waals surface area contributed by atoms with Gasteiger partial charge in [0.15, 0.2) is 0 Å². The average Bonchev–Trinajstić information content (AvgIpc) is 2.70. The first-order valence-electron chi connectivity index (χ1n) is 5.93. The van der Waals surface area contributed by atoms with Gasteiger partial charge in [-0.25, -0.2) is 9.18 Å². The van der Waals surface area contributed by atoms with E-state index in [4.69, 9.17) is 4.74 Å². The van der Waals surface area contributed by atoms with E-state index in [2.05, 4.69) is 10.4 Å². The molecule has 0 atom stereocenters. The van der Waals surface area contributed by atoms with E-state index in [1.165, 1.54) is 19.2 Å². The Balaban J connectivity index is 2.54. The van der Waals surface area contributed by atoms with E-state index in [1.54, 1.807) is 13.8 Å². The Morgan fingerprint density at radius 2 is 2.10 bits per heavy atom. The maximum absolute atomic E-state index is 13.4. The van der Waals surface area contributed by atoms with Crippen LogP contribution in [0.3, 0.4) is 0 Å². The van der Waals surface area contributed by atoms with Gasteiger partial charge in [0, 0.05) is 13.1 Å². The molecule has 0 aliphatic rings. The van der Waals surface area contributed by atoms with Gasteiger partial charge >= 0.3 is 5.69 Å². The number of rotatable bonds is 4. The second-order valence-corrected chi connectivity index (χ2v) is 4.93. The van der Waals surface area contributed by atoms with E-state index < -0.39 is 17.1 Å². The Labute approximate surface area is 114 Å². The van der Waals surface area contributed by atoms with Crippen molar-refractivity contribution in [1.29, 1.82) is 0 Å². The molecule has 1 N–H and O–H groups in total. The summed E-state index contributed by atoms with van der Waals surface area (Å²) in [6.45, 7) is 3.01. The second kappa shape index (κ2) is 5.04. The lowest BCUT2D eigenvalue weighted by Crippen LogP contribution is -2.33. The molecular formula is C12H15FN4O3. The Hall–Kier alpha value is -2.22. The first-order chi connectivity index (χ1) is 9.34. The predicted molar refractivity (Wildman–Crippen MR) is 68.4 cm³/mol. The highest BCUT2D eigenvalue weighted by Gasteiger charge is 2.22. The van der Waals surface area contributed by atoms with Gasteiger partial charge in [-0.05, 0) is 36.4 Å². The van der Waals surface area contributed by atoms with Gasteiger partial charge in [0.2, 0.25) is 0 Å². The molecule has 0 spiro atoms. The van der Waals surface area contributed by atoms with Crippen LogP contribution in [-0.2, 0) is 7.05 Å². The van der Waals surface area contributed by atoms with Crippen molar-refractivity contribution in [2.75, 3.05) is 6.61 Å². The lowest BCUT2D eigenvalue weighted by molar-refractivity contribution is 0.0408. The van der Waals surface area contributed by atoms with Crippen LogP contribution in [0.5, 0.6) is 5.75 Å². The van der Waals surface area contributed by atoms with Gasteiger partial charge in [0.25, 0.3) is 0 Å². The molecule has 0 saturated heterocycles. The number of aryl methyl sites for hydroxylation is 1. The van der Waals surface area contributed by atoms with Crippen LogP contribution < -0.4 is 10.4 Å². The topological polar surface area (TPSA) is 82.2 Å². The fourth-order valence-electron chi connectivity index (χ4n) is 1.54. The van der Waals surface area contributed by atoms with Gasteiger partial charge in [0.05, 0.1) is 6.61 Å². The molecule has 2 aromatic rings. The second-order valence-electron chi connectivity index (χ2n) is 4.93. The number of aliphatic hydroxyl groups excluding tert-OH is 1. The van der Waals surface area contributed by atoms with Gasteiger partial charge in [-0.15, -0.1) is 0 Å². The van der Waals surface area contributed by atoms with Crippen molar-refractivity contribution >= 4 is 0 Å². The molecule has 0 aliphatic carbocycles. The third-order valence-electron chi connectivity index (χ3n) is 2.64. The third-order valence-corrected chi connectivity index (χ3v) is 2.64. The summed E-state index contributed by atoms with van der Waals surface area (Å²) in [5, 5.41) is 16.5. The minimum absolute atomic E-state index is 0.103. The Morgan fingerprint density at radius 3 is 2.65 bits per heavy atom. The lowest BCUT2D eigenvalue weighted by Gasteiger charge is -2.25. The van der Waals surface area contributed by atoms with Crippen molar-refractivity contribution in [3.63, 3.8) is 0 Å². The van der Waals surface area contributed by atoms with Gasteiger partial charge in [-0.1, -0.05) is 0 Å². The smallest absolute Gasteiger partial charge is 0.368 e. The number of aliphatic hydroxyl groups is 1. The van der Waals surface area contributed by atoms with Crippen LogP contribution in [0.15, 0.2) is 23.0 Å².